The van der Waals surface area contributed by atoms with Gasteiger partial charge in [0.15, 0.2) is 6.61 Å². The summed E-state index contributed by atoms with van der Waals surface area (Å²) in [5.41, 5.74) is 1.29. The van der Waals surface area contributed by atoms with E-state index in [2.05, 4.69) is 10.6 Å². The molecule has 0 aliphatic rings. The van der Waals surface area contributed by atoms with E-state index >= 15 is 0 Å². The summed E-state index contributed by atoms with van der Waals surface area (Å²) in [5, 5.41) is 16.1. The van der Waals surface area contributed by atoms with Crippen LogP contribution in [0.15, 0.2) is 36.4 Å². The molecule has 0 aliphatic heterocycles. The quantitative estimate of drug-likeness (QED) is 0.569. The normalized spacial score (nSPS) is 10.0. The average molecular weight is 373 g/mol. The molecule has 0 aliphatic carbocycles. The minimum Gasteiger partial charge on any atom is -0.495 e. The maximum Gasteiger partial charge on any atom is 0.272 e. The second-order valence-corrected chi connectivity index (χ2v) is 5.64. The van der Waals surface area contributed by atoms with Gasteiger partial charge in [-0.05, 0) is 37.3 Å². The standard InChI is InChI=1S/C18H19N3O6/c1-11-8-14(5-6-16(11)21(24)25)27-10-18(23)20-15-9-13(19-12(2)22)4-7-17(15)26-3/h4-9H,10H2,1-3H3,(H,19,22)(H,20,23). The number of aryl methyl sites for hydroxylation is 1. The minimum atomic E-state index is -0.486. The number of rotatable bonds is 7. The van der Waals surface area contributed by atoms with Gasteiger partial charge in [-0.25, -0.2) is 0 Å². The summed E-state index contributed by atoms with van der Waals surface area (Å²) >= 11 is 0. The Labute approximate surface area is 155 Å². The van der Waals surface area contributed by atoms with Crippen molar-refractivity contribution in [2.45, 2.75) is 13.8 Å². The molecule has 0 spiro atoms. The summed E-state index contributed by atoms with van der Waals surface area (Å²) in [6.45, 7) is 2.66. The van der Waals surface area contributed by atoms with Gasteiger partial charge < -0.3 is 20.1 Å². The Kier molecular flexibility index (Phi) is 6.32. The number of carbonyl (C=O) groups excluding carboxylic acids is 2. The zero-order chi connectivity index (χ0) is 20.0. The molecule has 0 atom stereocenters. The molecule has 0 unspecified atom stereocenters. The van der Waals surface area contributed by atoms with Gasteiger partial charge in [0.05, 0.1) is 17.7 Å². The molecule has 0 fully saturated rings. The second-order valence-electron chi connectivity index (χ2n) is 5.64. The van der Waals surface area contributed by atoms with E-state index in [1.165, 1.54) is 32.2 Å². The number of carbonyl (C=O) groups is 2. The van der Waals surface area contributed by atoms with Gasteiger partial charge in [0.25, 0.3) is 11.6 Å². The van der Waals surface area contributed by atoms with Crippen LogP contribution in [0.1, 0.15) is 12.5 Å². The zero-order valence-electron chi connectivity index (χ0n) is 15.1. The molecule has 2 aromatic carbocycles. The molecule has 27 heavy (non-hydrogen) atoms. The van der Waals surface area contributed by atoms with Crippen LogP contribution >= 0.6 is 0 Å². The summed E-state index contributed by atoms with van der Waals surface area (Å²) in [7, 11) is 1.46. The molecule has 0 saturated carbocycles. The molecular weight excluding hydrogens is 354 g/mol. The molecule has 2 rings (SSSR count). The highest BCUT2D eigenvalue weighted by Crippen LogP contribution is 2.28. The van der Waals surface area contributed by atoms with Gasteiger partial charge in [0, 0.05) is 24.2 Å². The lowest BCUT2D eigenvalue weighted by molar-refractivity contribution is -0.385. The Morgan fingerprint density at radius 3 is 2.48 bits per heavy atom. The van der Waals surface area contributed by atoms with E-state index in [1.807, 2.05) is 0 Å². The monoisotopic (exact) mass is 373 g/mol. The number of ether oxygens (including phenoxy) is 2. The summed E-state index contributed by atoms with van der Waals surface area (Å²) < 4.78 is 10.6. The van der Waals surface area contributed by atoms with E-state index in [4.69, 9.17) is 9.47 Å². The van der Waals surface area contributed by atoms with Crippen molar-refractivity contribution >= 4 is 28.9 Å². The van der Waals surface area contributed by atoms with Gasteiger partial charge >= 0.3 is 0 Å². The molecule has 0 heterocycles. The van der Waals surface area contributed by atoms with E-state index in [1.54, 1.807) is 25.1 Å². The molecule has 9 nitrogen and oxygen atoms in total. The van der Waals surface area contributed by atoms with E-state index in [0.717, 1.165) is 0 Å². The van der Waals surface area contributed by atoms with Crippen molar-refractivity contribution in [3.05, 3.63) is 52.1 Å². The summed E-state index contributed by atoms with van der Waals surface area (Å²) in [4.78, 5) is 33.7. The van der Waals surface area contributed by atoms with Gasteiger partial charge in [-0.15, -0.1) is 0 Å². The largest absolute Gasteiger partial charge is 0.495 e. The molecular formula is C18H19N3O6. The van der Waals surface area contributed by atoms with Crippen molar-refractivity contribution in [1.82, 2.24) is 0 Å². The Bertz CT molecular complexity index is 881. The number of benzene rings is 2. The number of nitrogens with zero attached hydrogens (tertiary/aromatic N) is 1. The predicted molar refractivity (Wildman–Crippen MR) is 99.3 cm³/mol. The molecule has 2 aromatic rings. The third-order valence-corrected chi connectivity index (χ3v) is 3.53. The lowest BCUT2D eigenvalue weighted by Crippen LogP contribution is -2.20. The number of nitrogens with one attached hydrogen (secondary N) is 2. The van der Waals surface area contributed by atoms with Crippen LogP contribution in [-0.4, -0.2) is 30.5 Å². The summed E-state index contributed by atoms with van der Waals surface area (Å²) in [5.74, 6) is 0.0643. The molecule has 0 radical (unpaired) electrons. The first-order chi connectivity index (χ1) is 12.8. The summed E-state index contributed by atoms with van der Waals surface area (Å²) in [6, 6.07) is 9.06. The van der Waals surface area contributed by atoms with E-state index in [-0.39, 0.29) is 18.2 Å². The first-order valence-electron chi connectivity index (χ1n) is 7.93. The summed E-state index contributed by atoms with van der Waals surface area (Å²) in [6.07, 6.45) is 0. The number of anilines is 2. The smallest absolute Gasteiger partial charge is 0.272 e. The van der Waals surface area contributed by atoms with Crippen molar-refractivity contribution < 1.29 is 24.0 Å². The van der Waals surface area contributed by atoms with Gasteiger partial charge in [-0.3, -0.25) is 19.7 Å². The topological polar surface area (TPSA) is 120 Å². The van der Waals surface area contributed by atoms with Crippen LogP contribution in [0, 0.1) is 17.0 Å². The van der Waals surface area contributed by atoms with Gasteiger partial charge in [-0.2, -0.15) is 0 Å². The fourth-order valence-corrected chi connectivity index (χ4v) is 2.34. The average Bonchev–Trinajstić information content (AvgIpc) is 2.59. The highest BCUT2D eigenvalue weighted by atomic mass is 16.6. The van der Waals surface area contributed by atoms with Gasteiger partial charge in [-0.1, -0.05) is 0 Å². The molecule has 2 N–H and O–H groups in total. The molecule has 0 aromatic heterocycles. The number of amides is 2. The molecule has 9 heteroatoms. The van der Waals surface area contributed by atoms with Crippen LogP contribution in [0.4, 0.5) is 17.1 Å². The van der Waals surface area contributed by atoms with E-state index < -0.39 is 10.8 Å². The predicted octanol–water partition coefficient (Wildman–Crippen LogP) is 2.89. The molecule has 0 bridgehead atoms. The number of methoxy groups -OCH3 is 1. The van der Waals surface area contributed by atoms with Crippen LogP contribution in [-0.2, 0) is 9.59 Å². The van der Waals surface area contributed by atoms with Crippen LogP contribution in [0.5, 0.6) is 11.5 Å². The second kappa shape index (κ2) is 8.65. The Morgan fingerprint density at radius 2 is 1.89 bits per heavy atom. The first-order valence-corrected chi connectivity index (χ1v) is 7.93. The number of nitro groups is 1. The number of hydrogen-bond acceptors (Lipinski definition) is 6. The fraction of sp³-hybridized carbons (Fsp3) is 0.222. The van der Waals surface area contributed by atoms with Crippen molar-refractivity contribution in [3.8, 4) is 11.5 Å². The first kappa shape index (κ1) is 19.7. The maximum atomic E-state index is 12.2. The zero-order valence-corrected chi connectivity index (χ0v) is 15.1. The minimum absolute atomic E-state index is 0.0219. The van der Waals surface area contributed by atoms with Gasteiger partial charge in [0.1, 0.15) is 11.5 Å². The fourth-order valence-electron chi connectivity index (χ4n) is 2.34. The van der Waals surface area contributed by atoms with E-state index in [9.17, 15) is 19.7 Å². The Balaban J connectivity index is 2.04. The highest BCUT2D eigenvalue weighted by Gasteiger charge is 2.13. The van der Waals surface area contributed by atoms with Crippen molar-refractivity contribution in [1.29, 1.82) is 0 Å². The third-order valence-electron chi connectivity index (χ3n) is 3.53. The third kappa shape index (κ3) is 5.43. The highest BCUT2D eigenvalue weighted by molar-refractivity contribution is 5.95. The number of hydrogen-bond donors (Lipinski definition) is 2. The van der Waals surface area contributed by atoms with E-state index in [0.29, 0.717) is 28.4 Å². The van der Waals surface area contributed by atoms with Gasteiger partial charge in [0.2, 0.25) is 5.91 Å². The van der Waals surface area contributed by atoms with Crippen LogP contribution < -0.4 is 20.1 Å². The SMILES string of the molecule is COc1ccc(NC(C)=O)cc1NC(=O)COc1ccc([N+](=O)[O-])c(C)c1. The Hall–Kier alpha value is -3.62. The molecule has 142 valence electrons. The molecule has 0 saturated heterocycles. The number of nitro benzene ring substituents is 1. The Morgan fingerprint density at radius 1 is 1.15 bits per heavy atom. The van der Waals surface area contributed by atoms with Crippen LogP contribution in [0.3, 0.4) is 0 Å². The molecule has 2 amide bonds. The lowest BCUT2D eigenvalue weighted by atomic mass is 10.2. The van der Waals surface area contributed by atoms with Crippen molar-refractivity contribution in [3.63, 3.8) is 0 Å². The van der Waals surface area contributed by atoms with Crippen LogP contribution in [0.25, 0.3) is 0 Å². The maximum absolute atomic E-state index is 12.2. The van der Waals surface area contributed by atoms with Crippen LogP contribution in [0.2, 0.25) is 0 Å². The van der Waals surface area contributed by atoms with Crippen molar-refractivity contribution in [2.24, 2.45) is 0 Å². The lowest BCUT2D eigenvalue weighted by Gasteiger charge is -2.13. The van der Waals surface area contributed by atoms with Crippen molar-refractivity contribution in [2.75, 3.05) is 24.4 Å².